The van der Waals surface area contributed by atoms with Gasteiger partial charge in [-0.25, -0.2) is 12.4 Å². The van der Waals surface area contributed by atoms with E-state index in [-0.39, 0.29) is 0 Å². The van der Waals surface area contributed by atoms with Gasteiger partial charge in [-0.1, -0.05) is 0 Å². The second-order valence-electron chi connectivity index (χ2n) is 4.48. The molecule has 0 spiro atoms. The van der Waals surface area contributed by atoms with Crippen molar-refractivity contribution in [2.24, 2.45) is 0 Å². The number of rotatable bonds is 4. The van der Waals surface area contributed by atoms with Crippen LogP contribution in [0.5, 0.6) is 0 Å². The SMILES string of the molecule is CS(=O)(=O)n1cccc1CN1CCN(C=O)CC1. The monoisotopic (exact) mass is 271 g/mol. The summed E-state index contributed by atoms with van der Waals surface area (Å²) in [7, 11) is -3.23. The molecule has 0 saturated carbocycles. The Morgan fingerprint density at radius 2 is 1.94 bits per heavy atom. The van der Waals surface area contributed by atoms with Crippen LogP contribution in [0.3, 0.4) is 0 Å². The fourth-order valence-corrected chi connectivity index (χ4v) is 2.94. The second kappa shape index (κ2) is 5.11. The van der Waals surface area contributed by atoms with E-state index >= 15 is 0 Å². The first kappa shape index (κ1) is 13.1. The van der Waals surface area contributed by atoms with Gasteiger partial charge in [0.05, 0.1) is 6.26 Å². The molecule has 1 aromatic heterocycles. The molecule has 2 rings (SSSR count). The predicted molar refractivity (Wildman–Crippen MR) is 67.6 cm³/mol. The van der Waals surface area contributed by atoms with Crippen molar-refractivity contribution in [3.63, 3.8) is 0 Å². The van der Waals surface area contributed by atoms with Gasteiger partial charge in [0.15, 0.2) is 0 Å². The number of hydrogen-bond donors (Lipinski definition) is 0. The highest BCUT2D eigenvalue weighted by Gasteiger charge is 2.18. The minimum Gasteiger partial charge on any atom is -0.343 e. The van der Waals surface area contributed by atoms with E-state index in [0.29, 0.717) is 19.6 Å². The first-order valence-electron chi connectivity index (χ1n) is 5.79. The Labute approximate surface area is 107 Å². The largest absolute Gasteiger partial charge is 0.343 e. The van der Waals surface area contributed by atoms with Crippen LogP contribution >= 0.6 is 0 Å². The van der Waals surface area contributed by atoms with E-state index in [0.717, 1.165) is 25.2 Å². The van der Waals surface area contributed by atoms with E-state index < -0.39 is 10.0 Å². The molecule has 18 heavy (non-hydrogen) atoms. The van der Waals surface area contributed by atoms with Crippen LogP contribution in [0.4, 0.5) is 0 Å². The van der Waals surface area contributed by atoms with Crippen LogP contribution in [0.1, 0.15) is 5.69 Å². The van der Waals surface area contributed by atoms with Crippen LogP contribution in [0.15, 0.2) is 18.3 Å². The minimum atomic E-state index is -3.23. The molecule has 0 N–H and O–H groups in total. The van der Waals surface area contributed by atoms with Crippen LogP contribution in [-0.2, 0) is 21.4 Å². The van der Waals surface area contributed by atoms with Crippen LogP contribution in [0.25, 0.3) is 0 Å². The maximum atomic E-state index is 11.5. The number of carbonyl (C=O) groups is 1. The lowest BCUT2D eigenvalue weighted by Gasteiger charge is -2.32. The van der Waals surface area contributed by atoms with Gasteiger partial charge in [-0.3, -0.25) is 9.69 Å². The Bertz CT molecular complexity index is 515. The highest BCUT2D eigenvalue weighted by Crippen LogP contribution is 2.11. The fraction of sp³-hybridized carbons (Fsp3) is 0.545. The molecule has 1 amide bonds. The third kappa shape index (κ3) is 2.91. The zero-order valence-corrected chi connectivity index (χ0v) is 11.1. The zero-order valence-electron chi connectivity index (χ0n) is 10.3. The molecule has 2 heterocycles. The summed E-state index contributed by atoms with van der Waals surface area (Å²) in [5.74, 6) is 0. The lowest BCUT2D eigenvalue weighted by atomic mass is 10.3. The molecule has 1 aromatic rings. The lowest BCUT2D eigenvalue weighted by molar-refractivity contribution is -0.119. The number of aromatic nitrogens is 1. The van der Waals surface area contributed by atoms with Gasteiger partial charge in [-0.05, 0) is 12.1 Å². The third-order valence-corrected chi connectivity index (χ3v) is 4.16. The van der Waals surface area contributed by atoms with E-state index in [1.165, 1.54) is 10.2 Å². The van der Waals surface area contributed by atoms with Crippen molar-refractivity contribution < 1.29 is 13.2 Å². The summed E-state index contributed by atoms with van der Waals surface area (Å²) in [6, 6.07) is 3.55. The third-order valence-electron chi connectivity index (χ3n) is 3.09. The molecule has 0 bridgehead atoms. The number of carbonyl (C=O) groups excluding carboxylic acids is 1. The van der Waals surface area contributed by atoms with Crippen molar-refractivity contribution in [3.05, 3.63) is 24.0 Å². The average Bonchev–Trinajstić information content (AvgIpc) is 2.78. The molecule has 0 unspecified atom stereocenters. The molecular formula is C11H17N3O3S. The van der Waals surface area contributed by atoms with Gasteiger partial charge in [-0.15, -0.1) is 0 Å². The highest BCUT2D eigenvalue weighted by atomic mass is 32.2. The summed E-state index contributed by atoms with van der Waals surface area (Å²) in [4.78, 5) is 14.5. The number of hydrogen-bond acceptors (Lipinski definition) is 4. The molecule has 7 heteroatoms. The summed E-state index contributed by atoms with van der Waals surface area (Å²) >= 11 is 0. The summed E-state index contributed by atoms with van der Waals surface area (Å²) < 4.78 is 24.4. The maximum Gasteiger partial charge on any atom is 0.235 e. The van der Waals surface area contributed by atoms with Crippen molar-refractivity contribution in [2.45, 2.75) is 6.54 Å². The molecule has 0 atom stereocenters. The highest BCUT2D eigenvalue weighted by molar-refractivity contribution is 7.89. The fourth-order valence-electron chi connectivity index (χ4n) is 2.10. The van der Waals surface area contributed by atoms with E-state index in [9.17, 15) is 13.2 Å². The van der Waals surface area contributed by atoms with Crippen LogP contribution in [0.2, 0.25) is 0 Å². The standard InChI is InChI=1S/C11H17N3O3S/c1-18(16,17)14-4-2-3-11(14)9-12-5-7-13(10-15)8-6-12/h2-4,10H,5-9H2,1H3. The van der Waals surface area contributed by atoms with Gasteiger partial charge in [0.2, 0.25) is 16.4 Å². The smallest absolute Gasteiger partial charge is 0.235 e. The molecular weight excluding hydrogens is 254 g/mol. The molecule has 6 nitrogen and oxygen atoms in total. The number of amides is 1. The van der Waals surface area contributed by atoms with Crippen molar-refractivity contribution >= 4 is 16.4 Å². The summed E-state index contributed by atoms with van der Waals surface area (Å²) in [6.45, 7) is 3.53. The Kier molecular flexibility index (Phi) is 3.72. The summed E-state index contributed by atoms with van der Waals surface area (Å²) in [5, 5.41) is 0. The van der Waals surface area contributed by atoms with Crippen LogP contribution < -0.4 is 0 Å². The Balaban J connectivity index is 2.03. The number of nitrogens with zero attached hydrogens (tertiary/aromatic N) is 3. The summed E-state index contributed by atoms with van der Waals surface area (Å²) in [6.07, 6.45) is 3.61. The van der Waals surface area contributed by atoms with E-state index in [4.69, 9.17) is 0 Å². The molecule has 1 fully saturated rings. The van der Waals surface area contributed by atoms with Gasteiger partial charge in [0, 0.05) is 44.6 Å². The lowest BCUT2D eigenvalue weighted by Crippen LogP contribution is -2.45. The van der Waals surface area contributed by atoms with E-state index in [1.54, 1.807) is 17.2 Å². The maximum absolute atomic E-state index is 11.5. The molecule has 1 saturated heterocycles. The molecule has 0 aromatic carbocycles. The Hall–Kier alpha value is -1.34. The van der Waals surface area contributed by atoms with Gasteiger partial charge in [0.1, 0.15) is 0 Å². The van der Waals surface area contributed by atoms with Gasteiger partial charge < -0.3 is 4.90 Å². The average molecular weight is 271 g/mol. The minimum absolute atomic E-state index is 0.590. The van der Waals surface area contributed by atoms with Crippen LogP contribution in [-0.4, -0.2) is 61.0 Å². The Morgan fingerprint density at radius 3 is 2.50 bits per heavy atom. The normalized spacial score (nSPS) is 17.9. The zero-order chi connectivity index (χ0) is 13.2. The molecule has 1 aliphatic heterocycles. The van der Waals surface area contributed by atoms with Crippen molar-refractivity contribution in [1.29, 1.82) is 0 Å². The Morgan fingerprint density at radius 1 is 1.28 bits per heavy atom. The van der Waals surface area contributed by atoms with E-state index in [2.05, 4.69) is 4.90 Å². The van der Waals surface area contributed by atoms with Crippen molar-refractivity contribution in [1.82, 2.24) is 13.8 Å². The topological polar surface area (TPSA) is 62.6 Å². The van der Waals surface area contributed by atoms with Crippen molar-refractivity contribution in [3.8, 4) is 0 Å². The molecule has 100 valence electrons. The van der Waals surface area contributed by atoms with Gasteiger partial charge in [0.25, 0.3) is 0 Å². The molecule has 1 aliphatic rings. The number of piperazine rings is 1. The van der Waals surface area contributed by atoms with E-state index in [1.807, 2.05) is 6.07 Å². The van der Waals surface area contributed by atoms with Crippen molar-refractivity contribution in [2.75, 3.05) is 32.4 Å². The molecule has 0 aliphatic carbocycles. The quantitative estimate of drug-likeness (QED) is 0.697. The first-order chi connectivity index (χ1) is 8.50. The van der Waals surface area contributed by atoms with Crippen LogP contribution in [0, 0.1) is 0 Å². The second-order valence-corrected chi connectivity index (χ2v) is 6.34. The predicted octanol–water partition coefficient (Wildman–Crippen LogP) is -0.430. The molecule has 0 radical (unpaired) electrons. The van der Waals surface area contributed by atoms with Gasteiger partial charge >= 0.3 is 0 Å². The summed E-state index contributed by atoms with van der Waals surface area (Å²) in [5.41, 5.74) is 0.761. The first-order valence-corrected chi connectivity index (χ1v) is 7.64. The van der Waals surface area contributed by atoms with Gasteiger partial charge in [-0.2, -0.15) is 0 Å².